The lowest BCUT2D eigenvalue weighted by molar-refractivity contribution is 0.632. The van der Waals surface area contributed by atoms with Gasteiger partial charge in [-0.3, -0.25) is 9.67 Å². The van der Waals surface area contributed by atoms with Gasteiger partial charge in [-0.25, -0.2) is 0 Å². The van der Waals surface area contributed by atoms with Crippen LogP contribution in [0.15, 0.2) is 54.0 Å². The zero-order valence-electron chi connectivity index (χ0n) is 16.2. The average Bonchev–Trinajstić information content (AvgIpc) is 3.36. The van der Waals surface area contributed by atoms with Gasteiger partial charge in [0.15, 0.2) is 5.96 Å². The van der Waals surface area contributed by atoms with E-state index in [1.165, 1.54) is 11.1 Å². The van der Waals surface area contributed by atoms with Crippen LogP contribution in [0, 0.1) is 0 Å². The van der Waals surface area contributed by atoms with Crippen LogP contribution in [0.2, 0.25) is 0 Å². The zero-order valence-corrected chi connectivity index (χ0v) is 18.6. The summed E-state index contributed by atoms with van der Waals surface area (Å²) in [4.78, 5) is 4.29. The number of aliphatic imine (C=N–C) groups is 1. The fourth-order valence-corrected chi connectivity index (χ4v) is 2.86. The molecule has 2 N–H and O–H groups in total. The first kappa shape index (κ1) is 21.9. The molecule has 2 heterocycles. The molecular weight excluding hydrogens is 467 g/mol. The summed E-state index contributed by atoms with van der Waals surface area (Å²) in [6.07, 6.45) is 6.41. The van der Waals surface area contributed by atoms with Crippen LogP contribution in [0.25, 0.3) is 0 Å². The molecule has 3 aromatic rings. The first-order valence-corrected chi connectivity index (χ1v) is 9.15. The Labute approximate surface area is 182 Å². The number of nitrogens with one attached hydrogen (secondary N) is 2. The lowest BCUT2D eigenvalue weighted by atomic mass is 10.1. The summed E-state index contributed by atoms with van der Waals surface area (Å²) in [5.41, 5.74) is 2.43. The Balaban J connectivity index is 0.00000280. The van der Waals surface area contributed by atoms with Crippen molar-refractivity contribution < 1.29 is 0 Å². The molecule has 9 heteroatoms. The Kier molecular flexibility index (Phi) is 8.92. The quantitative estimate of drug-likeness (QED) is 0.285. The van der Waals surface area contributed by atoms with E-state index in [1.54, 1.807) is 19.6 Å². The van der Waals surface area contributed by atoms with E-state index in [2.05, 4.69) is 66.7 Å². The highest BCUT2D eigenvalue weighted by molar-refractivity contribution is 14.0. The fourth-order valence-electron chi connectivity index (χ4n) is 2.86. The molecule has 0 unspecified atom stereocenters. The molecule has 0 aliphatic heterocycles. The molecule has 8 nitrogen and oxygen atoms in total. The second-order valence-corrected chi connectivity index (χ2v) is 6.17. The minimum absolute atomic E-state index is 0. The third-order valence-electron chi connectivity index (χ3n) is 4.24. The summed E-state index contributed by atoms with van der Waals surface area (Å²) < 4.78 is 3.97. The number of hydrogen-bond donors (Lipinski definition) is 2. The van der Waals surface area contributed by atoms with E-state index in [9.17, 15) is 0 Å². The highest BCUT2D eigenvalue weighted by atomic mass is 127. The molecule has 3 rings (SSSR count). The molecule has 0 saturated heterocycles. The van der Waals surface area contributed by atoms with Gasteiger partial charge in [-0.15, -0.1) is 34.2 Å². The van der Waals surface area contributed by atoms with Crippen LogP contribution in [0.3, 0.4) is 0 Å². The topological polar surface area (TPSA) is 85.0 Å². The van der Waals surface area contributed by atoms with Crippen molar-refractivity contribution in [2.75, 3.05) is 13.6 Å². The Morgan fingerprint density at radius 3 is 2.79 bits per heavy atom. The number of benzene rings is 1. The van der Waals surface area contributed by atoms with Crippen LogP contribution in [0.5, 0.6) is 0 Å². The SMILES string of the molecule is CCc1nncn1CCNC(=NC)NCc1cccc(Cn2cccn2)c1.I. The van der Waals surface area contributed by atoms with Crippen molar-refractivity contribution in [2.24, 2.45) is 4.99 Å². The van der Waals surface area contributed by atoms with Crippen molar-refractivity contribution in [3.8, 4) is 0 Å². The lowest BCUT2D eigenvalue weighted by Gasteiger charge is -2.13. The Hall–Kier alpha value is -2.43. The van der Waals surface area contributed by atoms with Crippen molar-refractivity contribution >= 4 is 29.9 Å². The van der Waals surface area contributed by atoms with E-state index in [0.29, 0.717) is 6.54 Å². The molecule has 0 fully saturated rings. The smallest absolute Gasteiger partial charge is 0.191 e. The van der Waals surface area contributed by atoms with Gasteiger partial charge in [-0.2, -0.15) is 5.10 Å². The number of aromatic nitrogens is 5. The van der Waals surface area contributed by atoms with Gasteiger partial charge in [0.1, 0.15) is 12.2 Å². The first-order valence-electron chi connectivity index (χ1n) is 9.15. The number of halogens is 1. The van der Waals surface area contributed by atoms with Gasteiger partial charge in [0, 0.05) is 45.5 Å². The number of hydrogen-bond acceptors (Lipinski definition) is 4. The molecule has 2 aromatic heterocycles. The van der Waals surface area contributed by atoms with Crippen molar-refractivity contribution in [1.29, 1.82) is 0 Å². The molecule has 0 atom stereocenters. The summed E-state index contributed by atoms with van der Waals surface area (Å²) in [6, 6.07) is 10.4. The van der Waals surface area contributed by atoms with Gasteiger partial charge < -0.3 is 15.2 Å². The summed E-state index contributed by atoms with van der Waals surface area (Å²) in [6.45, 7) is 5.11. The molecule has 0 amide bonds. The molecule has 0 radical (unpaired) electrons. The second-order valence-electron chi connectivity index (χ2n) is 6.17. The maximum Gasteiger partial charge on any atom is 0.191 e. The molecule has 150 valence electrons. The van der Waals surface area contributed by atoms with Crippen LogP contribution < -0.4 is 10.6 Å². The van der Waals surface area contributed by atoms with Gasteiger partial charge in [-0.1, -0.05) is 31.2 Å². The Bertz CT molecular complexity index is 856. The number of nitrogens with zero attached hydrogens (tertiary/aromatic N) is 6. The molecule has 0 aliphatic carbocycles. The summed E-state index contributed by atoms with van der Waals surface area (Å²) in [7, 11) is 1.78. The minimum Gasteiger partial charge on any atom is -0.355 e. The van der Waals surface area contributed by atoms with Crippen molar-refractivity contribution in [1.82, 2.24) is 35.2 Å². The summed E-state index contributed by atoms with van der Waals surface area (Å²) >= 11 is 0. The van der Waals surface area contributed by atoms with Crippen LogP contribution >= 0.6 is 24.0 Å². The largest absolute Gasteiger partial charge is 0.355 e. The molecule has 28 heavy (non-hydrogen) atoms. The maximum atomic E-state index is 4.29. The predicted octanol–water partition coefficient (Wildman–Crippen LogP) is 2.07. The van der Waals surface area contributed by atoms with Crippen LogP contribution in [0.1, 0.15) is 23.9 Å². The molecule has 0 aliphatic rings. The third-order valence-corrected chi connectivity index (χ3v) is 4.24. The summed E-state index contributed by atoms with van der Waals surface area (Å²) in [5.74, 6) is 1.77. The minimum atomic E-state index is 0. The van der Waals surface area contributed by atoms with Crippen molar-refractivity contribution in [3.63, 3.8) is 0 Å². The van der Waals surface area contributed by atoms with E-state index in [0.717, 1.165) is 37.8 Å². The van der Waals surface area contributed by atoms with E-state index >= 15 is 0 Å². The Morgan fingerprint density at radius 1 is 1.18 bits per heavy atom. The normalized spacial score (nSPS) is 11.1. The van der Waals surface area contributed by atoms with Gasteiger partial charge in [0.25, 0.3) is 0 Å². The third kappa shape index (κ3) is 6.32. The molecule has 1 aromatic carbocycles. The van der Waals surface area contributed by atoms with Gasteiger partial charge >= 0.3 is 0 Å². The van der Waals surface area contributed by atoms with E-state index < -0.39 is 0 Å². The van der Waals surface area contributed by atoms with Gasteiger partial charge in [-0.05, 0) is 17.2 Å². The number of rotatable bonds is 8. The van der Waals surface area contributed by atoms with Gasteiger partial charge in [0.05, 0.1) is 6.54 Å². The Morgan fingerprint density at radius 2 is 2.04 bits per heavy atom. The second kappa shape index (κ2) is 11.4. The average molecular weight is 494 g/mol. The summed E-state index contributed by atoms with van der Waals surface area (Å²) in [5, 5.41) is 19.0. The molecular formula is C19H27IN8. The highest BCUT2D eigenvalue weighted by Crippen LogP contribution is 2.07. The maximum absolute atomic E-state index is 4.29. The zero-order chi connectivity index (χ0) is 18.9. The molecule has 0 saturated carbocycles. The van der Waals surface area contributed by atoms with Crippen LogP contribution in [-0.2, 0) is 26.1 Å². The number of guanidine groups is 1. The van der Waals surface area contributed by atoms with E-state index in [4.69, 9.17) is 0 Å². The van der Waals surface area contributed by atoms with Gasteiger partial charge in [0.2, 0.25) is 0 Å². The van der Waals surface area contributed by atoms with Crippen molar-refractivity contribution in [3.05, 3.63) is 66.0 Å². The molecule has 0 bridgehead atoms. The predicted molar refractivity (Wildman–Crippen MR) is 121 cm³/mol. The van der Waals surface area contributed by atoms with E-state index in [1.807, 2.05) is 16.9 Å². The highest BCUT2D eigenvalue weighted by Gasteiger charge is 2.03. The first-order chi connectivity index (χ1) is 13.3. The monoisotopic (exact) mass is 494 g/mol. The van der Waals surface area contributed by atoms with E-state index in [-0.39, 0.29) is 24.0 Å². The molecule has 0 spiro atoms. The van der Waals surface area contributed by atoms with Crippen LogP contribution in [-0.4, -0.2) is 44.1 Å². The van der Waals surface area contributed by atoms with Crippen LogP contribution in [0.4, 0.5) is 0 Å². The lowest BCUT2D eigenvalue weighted by Crippen LogP contribution is -2.38. The standard InChI is InChI=1S/C19H26N8.HI/c1-3-18-25-23-15-26(18)11-9-21-19(20-2)22-13-16-6-4-7-17(12-16)14-27-10-5-8-24-27;/h4-8,10,12,15H,3,9,11,13-14H2,1-2H3,(H2,20,21,22);1H. The van der Waals surface area contributed by atoms with Crippen molar-refractivity contribution in [2.45, 2.75) is 33.0 Å². The fraction of sp³-hybridized carbons (Fsp3) is 0.368. The number of aryl methyl sites for hydroxylation is 1.